The maximum atomic E-state index is 12.0. The highest BCUT2D eigenvalue weighted by Crippen LogP contribution is 2.39. The van der Waals surface area contributed by atoms with E-state index in [0.29, 0.717) is 6.04 Å². The molecule has 2 rings (SSSR count). The number of carbonyl (C=O) groups excluding carboxylic acids is 1. The molecule has 1 aromatic rings. The fourth-order valence-corrected chi connectivity index (χ4v) is 2.77. The van der Waals surface area contributed by atoms with Gasteiger partial charge in [0.05, 0.1) is 13.0 Å². The molecule has 0 saturated carbocycles. The Morgan fingerprint density at radius 1 is 1.26 bits per heavy atom. The normalized spacial score (nSPS) is 27.3. The fourth-order valence-electron chi connectivity index (χ4n) is 2.77. The van der Waals surface area contributed by atoms with Crippen molar-refractivity contribution in [2.24, 2.45) is 11.3 Å². The molecule has 3 atom stereocenters. The van der Waals surface area contributed by atoms with Crippen LogP contribution in [0.3, 0.4) is 0 Å². The summed E-state index contributed by atoms with van der Waals surface area (Å²) in [5.41, 5.74) is 1.29. The van der Waals surface area contributed by atoms with Gasteiger partial charge in [-0.2, -0.15) is 0 Å². The van der Waals surface area contributed by atoms with Crippen LogP contribution >= 0.6 is 0 Å². The van der Waals surface area contributed by atoms with Gasteiger partial charge < -0.3 is 10.1 Å². The predicted molar refractivity (Wildman–Crippen MR) is 75.7 cm³/mol. The summed E-state index contributed by atoms with van der Waals surface area (Å²) in [6, 6.07) is 10.5. The van der Waals surface area contributed by atoms with Crippen LogP contribution < -0.4 is 5.32 Å². The highest BCUT2D eigenvalue weighted by Gasteiger charge is 2.43. The molecule has 0 bridgehead atoms. The van der Waals surface area contributed by atoms with Gasteiger partial charge in [0.25, 0.3) is 0 Å². The van der Waals surface area contributed by atoms with Crippen LogP contribution in [0.4, 0.5) is 0 Å². The van der Waals surface area contributed by atoms with Gasteiger partial charge in [0.15, 0.2) is 0 Å². The lowest BCUT2D eigenvalue weighted by Gasteiger charge is -2.27. The Kier molecular flexibility index (Phi) is 3.95. The average molecular weight is 261 g/mol. The van der Waals surface area contributed by atoms with Crippen molar-refractivity contribution < 1.29 is 9.53 Å². The first kappa shape index (κ1) is 14.1. The number of hydrogen-bond acceptors (Lipinski definition) is 3. The van der Waals surface area contributed by atoms with Crippen molar-refractivity contribution in [2.45, 2.75) is 39.3 Å². The lowest BCUT2D eigenvalue weighted by atomic mass is 9.83. The van der Waals surface area contributed by atoms with Gasteiger partial charge in [0, 0.05) is 12.1 Å². The minimum absolute atomic E-state index is 0.0536. The van der Waals surface area contributed by atoms with E-state index in [0.717, 1.165) is 12.0 Å². The zero-order chi connectivity index (χ0) is 14.0. The summed E-state index contributed by atoms with van der Waals surface area (Å²) in [6.07, 6.45) is 0.829. The van der Waals surface area contributed by atoms with Crippen LogP contribution in [0.15, 0.2) is 30.3 Å². The second-order valence-electron chi connectivity index (χ2n) is 6.34. The number of hydrogen-bond donors (Lipinski definition) is 1. The van der Waals surface area contributed by atoms with Crippen LogP contribution in [0, 0.1) is 11.3 Å². The number of methoxy groups -OCH3 is 1. The molecule has 0 aliphatic carbocycles. The maximum absolute atomic E-state index is 12.0. The second kappa shape index (κ2) is 5.33. The number of ether oxygens (including phenoxy) is 1. The Labute approximate surface area is 115 Å². The molecule has 1 aromatic carbocycles. The molecule has 1 saturated heterocycles. The minimum atomic E-state index is -0.117. The van der Waals surface area contributed by atoms with Crippen molar-refractivity contribution >= 4 is 5.97 Å². The van der Waals surface area contributed by atoms with Gasteiger partial charge >= 0.3 is 5.97 Å². The third kappa shape index (κ3) is 2.98. The van der Waals surface area contributed by atoms with Crippen molar-refractivity contribution in [1.29, 1.82) is 0 Å². The standard InChI is InChI=1S/C16H23NO2/c1-16(2,3)13-10-12(15(18)19-4)14(17-13)11-8-6-5-7-9-11/h5-9,12-14,17H,10H2,1-4H3. The largest absolute Gasteiger partial charge is 0.469 e. The number of rotatable bonds is 2. The zero-order valence-electron chi connectivity index (χ0n) is 12.1. The monoisotopic (exact) mass is 261 g/mol. The third-order valence-corrected chi connectivity index (χ3v) is 3.98. The topological polar surface area (TPSA) is 38.3 Å². The van der Waals surface area contributed by atoms with Gasteiger partial charge in [-0.3, -0.25) is 4.79 Å². The molecular formula is C16H23NO2. The van der Waals surface area contributed by atoms with Gasteiger partial charge in [-0.15, -0.1) is 0 Å². The first-order chi connectivity index (χ1) is 8.93. The van der Waals surface area contributed by atoms with Gasteiger partial charge in [0.1, 0.15) is 0 Å². The lowest BCUT2D eigenvalue weighted by Crippen LogP contribution is -2.36. The lowest BCUT2D eigenvalue weighted by molar-refractivity contribution is -0.145. The maximum Gasteiger partial charge on any atom is 0.310 e. The van der Waals surface area contributed by atoms with Gasteiger partial charge in [0.2, 0.25) is 0 Å². The molecule has 1 N–H and O–H groups in total. The van der Waals surface area contributed by atoms with Crippen molar-refractivity contribution in [1.82, 2.24) is 5.32 Å². The minimum Gasteiger partial charge on any atom is -0.469 e. The van der Waals surface area contributed by atoms with Crippen LogP contribution in [0.25, 0.3) is 0 Å². The van der Waals surface area contributed by atoms with Crippen LogP contribution in [0.2, 0.25) is 0 Å². The molecule has 0 amide bonds. The molecule has 1 aliphatic heterocycles. The third-order valence-electron chi connectivity index (χ3n) is 3.98. The van der Waals surface area contributed by atoms with E-state index in [1.54, 1.807) is 0 Å². The molecule has 19 heavy (non-hydrogen) atoms. The molecular weight excluding hydrogens is 238 g/mol. The van der Waals surface area contributed by atoms with E-state index >= 15 is 0 Å². The highest BCUT2D eigenvalue weighted by atomic mass is 16.5. The Bertz CT molecular complexity index is 436. The smallest absolute Gasteiger partial charge is 0.310 e. The quantitative estimate of drug-likeness (QED) is 0.832. The van der Waals surface area contributed by atoms with E-state index in [1.165, 1.54) is 7.11 Å². The van der Waals surface area contributed by atoms with E-state index in [-0.39, 0.29) is 23.3 Å². The Hall–Kier alpha value is -1.35. The fraction of sp³-hybridized carbons (Fsp3) is 0.562. The molecule has 1 aliphatic rings. The Morgan fingerprint density at radius 2 is 1.89 bits per heavy atom. The molecule has 104 valence electrons. The zero-order valence-corrected chi connectivity index (χ0v) is 12.1. The first-order valence-corrected chi connectivity index (χ1v) is 6.82. The molecule has 3 unspecified atom stereocenters. The summed E-state index contributed by atoms with van der Waals surface area (Å²) in [5, 5.41) is 3.61. The van der Waals surface area contributed by atoms with Crippen molar-refractivity contribution in [3.63, 3.8) is 0 Å². The SMILES string of the molecule is COC(=O)C1CC(C(C)(C)C)NC1c1ccccc1. The van der Waals surface area contributed by atoms with Crippen molar-refractivity contribution in [3.8, 4) is 0 Å². The number of benzene rings is 1. The number of carbonyl (C=O) groups is 1. The number of nitrogens with one attached hydrogen (secondary N) is 1. The molecule has 1 fully saturated rings. The molecule has 0 aromatic heterocycles. The molecule has 0 spiro atoms. The van der Waals surface area contributed by atoms with E-state index < -0.39 is 0 Å². The summed E-state index contributed by atoms with van der Waals surface area (Å²) in [4.78, 5) is 12.0. The van der Waals surface area contributed by atoms with Crippen LogP contribution in [0.1, 0.15) is 38.8 Å². The molecule has 1 heterocycles. The van der Waals surface area contributed by atoms with Crippen LogP contribution in [-0.4, -0.2) is 19.1 Å². The van der Waals surface area contributed by atoms with Gasteiger partial charge in [-0.25, -0.2) is 0 Å². The summed E-state index contributed by atoms with van der Waals surface area (Å²) < 4.78 is 4.97. The summed E-state index contributed by atoms with van der Waals surface area (Å²) >= 11 is 0. The molecule has 0 radical (unpaired) electrons. The van der Waals surface area contributed by atoms with Crippen LogP contribution in [0.5, 0.6) is 0 Å². The van der Waals surface area contributed by atoms with Crippen LogP contribution in [-0.2, 0) is 9.53 Å². The summed E-state index contributed by atoms with van der Waals surface area (Å²) in [6.45, 7) is 6.60. The average Bonchev–Trinajstić information content (AvgIpc) is 2.83. The van der Waals surface area contributed by atoms with Crippen molar-refractivity contribution in [2.75, 3.05) is 7.11 Å². The predicted octanol–water partition coefficient (Wildman–Crippen LogP) is 2.92. The number of esters is 1. The first-order valence-electron chi connectivity index (χ1n) is 6.82. The van der Waals surface area contributed by atoms with Gasteiger partial charge in [-0.1, -0.05) is 51.1 Å². The van der Waals surface area contributed by atoms with Crippen molar-refractivity contribution in [3.05, 3.63) is 35.9 Å². The van der Waals surface area contributed by atoms with Gasteiger partial charge in [-0.05, 0) is 17.4 Å². The van der Waals surface area contributed by atoms with E-state index in [4.69, 9.17) is 4.74 Å². The Balaban J connectivity index is 2.27. The van der Waals surface area contributed by atoms with E-state index in [1.807, 2.05) is 18.2 Å². The summed E-state index contributed by atoms with van der Waals surface area (Å²) in [7, 11) is 1.47. The van der Waals surface area contributed by atoms with E-state index in [9.17, 15) is 4.79 Å². The second-order valence-corrected chi connectivity index (χ2v) is 6.34. The molecule has 3 nitrogen and oxygen atoms in total. The highest BCUT2D eigenvalue weighted by molar-refractivity contribution is 5.74. The molecule has 3 heteroatoms. The van der Waals surface area contributed by atoms with E-state index in [2.05, 4.69) is 38.2 Å². The summed E-state index contributed by atoms with van der Waals surface area (Å²) in [5.74, 6) is -0.218. The Morgan fingerprint density at radius 3 is 2.42 bits per heavy atom.